The van der Waals surface area contributed by atoms with Crippen LogP contribution >= 0.6 is 0 Å². The van der Waals surface area contributed by atoms with Crippen LogP contribution < -0.4 is 4.90 Å². The van der Waals surface area contributed by atoms with Gasteiger partial charge in [-0.25, -0.2) is 16.8 Å². The minimum absolute atomic E-state index is 0.108. The van der Waals surface area contributed by atoms with Gasteiger partial charge in [-0.15, -0.1) is 0 Å². The summed E-state index contributed by atoms with van der Waals surface area (Å²) in [6.07, 6.45) is 0. The maximum Gasteiger partial charge on any atom is 0.243 e. The highest BCUT2D eigenvalue weighted by Crippen LogP contribution is 2.21. The molecule has 0 aromatic heterocycles. The maximum absolute atomic E-state index is 12.7. The summed E-state index contributed by atoms with van der Waals surface area (Å²) >= 11 is 0. The average molecular weight is 391 g/mol. The van der Waals surface area contributed by atoms with E-state index >= 15 is 0 Å². The summed E-state index contributed by atoms with van der Waals surface area (Å²) in [7, 11) is -5.16. The van der Waals surface area contributed by atoms with Crippen molar-refractivity contribution in [1.82, 2.24) is 8.61 Å². The highest BCUT2D eigenvalue weighted by molar-refractivity contribution is 7.89. The standard InChI is InChI=1S/C15H23N3O5S2/c1-16-6-8-17(9-7-16)24(19,20)14-2-4-15(5-3-14)25(21,22)18-10-12-23-13-11-18/h2-5H,6-13H2,1H3/p+1. The molecule has 2 saturated heterocycles. The molecule has 140 valence electrons. The number of sulfonamides is 2. The lowest BCUT2D eigenvalue weighted by molar-refractivity contribution is -0.883. The van der Waals surface area contributed by atoms with Crippen LogP contribution in [0.25, 0.3) is 0 Å². The number of ether oxygens (including phenoxy) is 1. The third kappa shape index (κ3) is 3.88. The zero-order chi connectivity index (χ0) is 18.1. The monoisotopic (exact) mass is 390 g/mol. The molecule has 1 aromatic carbocycles. The van der Waals surface area contributed by atoms with Crippen molar-refractivity contribution in [3.63, 3.8) is 0 Å². The number of quaternary nitrogens is 1. The zero-order valence-electron chi connectivity index (χ0n) is 14.2. The van der Waals surface area contributed by atoms with Crippen molar-refractivity contribution < 1.29 is 26.5 Å². The molecule has 0 radical (unpaired) electrons. The smallest absolute Gasteiger partial charge is 0.243 e. The summed E-state index contributed by atoms with van der Waals surface area (Å²) in [5.74, 6) is 0. The van der Waals surface area contributed by atoms with Gasteiger partial charge in [0.1, 0.15) is 0 Å². The number of likely N-dealkylation sites (N-methyl/N-ethyl adjacent to an activating group) is 1. The van der Waals surface area contributed by atoms with Crippen molar-refractivity contribution in [1.29, 1.82) is 0 Å². The number of hydrogen-bond acceptors (Lipinski definition) is 5. The van der Waals surface area contributed by atoms with Gasteiger partial charge in [0.25, 0.3) is 0 Å². The summed E-state index contributed by atoms with van der Waals surface area (Å²) in [6.45, 7) is 3.85. The molecule has 10 heteroatoms. The molecule has 2 fully saturated rings. The topological polar surface area (TPSA) is 88.4 Å². The van der Waals surface area contributed by atoms with Gasteiger partial charge in [-0.05, 0) is 24.3 Å². The highest BCUT2D eigenvalue weighted by atomic mass is 32.2. The molecule has 0 bridgehead atoms. The van der Waals surface area contributed by atoms with Gasteiger partial charge in [-0.3, -0.25) is 0 Å². The van der Waals surface area contributed by atoms with Crippen molar-refractivity contribution >= 4 is 20.0 Å². The van der Waals surface area contributed by atoms with Crippen LogP contribution in [0.1, 0.15) is 0 Å². The van der Waals surface area contributed by atoms with Crippen LogP contribution in [0, 0.1) is 0 Å². The second-order valence-electron chi connectivity index (χ2n) is 6.35. The molecule has 25 heavy (non-hydrogen) atoms. The summed E-state index contributed by atoms with van der Waals surface area (Å²) in [6, 6.07) is 5.51. The molecule has 0 unspecified atom stereocenters. The molecule has 0 saturated carbocycles. The number of benzene rings is 1. The van der Waals surface area contributed by atoms with Crippen LogP contribution in [0.2, 0.25) is 0 Å². The third-order valence-corrected chi connectivity index (χ3v) is 8.47. The fraction of sp³-hybridized carbons (Fsp3) is 0.600. The fourth-order valence-electron chi connectivity index (χ4n) is 2.98. The van der Waals surface area contributed by atoms with E-state index in [0.29, 0.717) is 39.4 Å². The normalized spacial score (nSPS) is 22.1. The van der Waals surface area contributed by atoms with E-state index in [2.05, 4.69) is 0 Å². The van der Waals surface area contributed by atoms with E-state index in [1.54, 1.807) is 0 Å². The lowest BCUT2D eigenvalue weighted by Crippen LogP contribution is -3.12. The van der Waals surface area contributed by atoms with Crippen LogP contribution in [-0.2, 0) is 24.8 Å². The van der Waals surface area contributed by atoms with E-state index in [1.165, 1.54) is 37.8 Å². The second kappa shape index (κ2) is 7.29. The van der Waals surface area contributed by atoms with Gasteiger partial charge in [0.15, 0.2) is 0 Å². The van der Waals surface area contributed by atoms with Gasteiger partial charge >= 0.3 is 0 Å². The Bertz CT molecular complexity index is 794. The number of piperazine rings is 1. The van der Waals surface area contributed by atoms with Crippen LogP contribution in [0.4, 0.5) is 0 Å². The van der Waals surface area contributed by atoms with E-state index in [-0.39, 0.29) is 9.79 Å². The van der Waals surface area contributed by atoms with Gasteiger partial charge in [-0.2, -0.15) is 8.61 Å². The number of morpholine rings is 1. The first-order valence-electron chi connectivity index (χ1n) is 8.31. The minimum Gasteiger partial charge on any atom is -0.379 e. The van der Waals surface area contributed by atoms with Crippen molar-refractivity contribution in [2.75, 3.05) is 59.5 Å². The van der Waals surface area contributed by atoms with Crippen molar-refractivity contribution in [2.24, 2.45) is 0 Å². The third-order valence-electron chi connectivity index (χ3n) is 4.65. The van der Waals surface area contributed by atoms with E-state index in [0.717, 1.165) is 13.1 Å². The van der Waals surface area contributed by atoms with Crippen molar-refractivity contribution in [2.45, 2.75) is 9.79 Å². The Balaban J connectivity index is 1.80. The van der Waals surface area contributed by atoms with Crippen molar-refractivity contribution in [3.8, 4) is 0 Å². The van der Waals surface area contributed by atoms with E-state index in [1.807, 2.05) is 7.05 Å². The molecule has 1 aromatic rings. The number of rotatable bonds is 4. The van der Waals surface area contributed by atoms with Crippen LogP contribution in [-0.4, -0.2) is 85.0 Å². The predicted molar refractivity (Wildman–Crippen MR) is 91.4 cm³/mol. The van der Waals surface area contributed by atoms with Gasteiger partial charge in [0.2, 0.25) is 20.0 Å². The number of nitrogens with one attached hydrogen (secondary N) is 1. The van der Waals surface area contributed by atoms with Gasteiger partial charge in [0, 0.05) is 13.1 Å². The quantitative estimate of drug-likeness (QED) is 0.657. The SMILES string of the molecule is C[NH+]1CCN(S(=O)(=O)c2ccc(S(=O)(=O)N3CCOCC3)cc2)CC1. The second-order valence-corrected chi connectivity index (χ2v) is 10.2. The number of nitrogens with zero attached hydrogens (tertiary/aromatic N) is 2. The molecule has 8 nitrogen and oxygen atoms in total. The van der Waals surface area contributed by atoms with Crippen molar-refractivity contribution in [3.05, 3.63) is 24.3 Å². The molecule has 2 aliphatic rings. The highest BCUT2D eigenvalue weighted by Gasteiger charge is 2.30. The van der Waals surface area contributed by atoms with Crippen LogP contribution in [0.15, 0.2) is 34.1 Å². The molecule has 0 amide bonds. The van der Waals surface area contributed by atoms with Crippen LogP contribution in [0.3, 0.4) is 0 Å². The summed E-state index contributed by atoms with van der Waals surface area (Å²) in [4.78, 5) is 1.54. The average Bonchev–Trinajstić information content (AvgIpc) is 2.63. The molecule has 0 spiro atoms. The Hall–Kier alpha value is -1.04. The van der Waals surface area contributed by atoms with E-state index in [4.69, 9.17) is 4.74 Å². The number of hydrogen-bond donors (Lipinski definition) is 1. The Labute approximate surface area is 149 Å². The molecular formula is C15H24N3O5S2+. The summed E-state index contributed by atoms with van der Waals surface area (Å²) in [5, 5.41) is 0. The lowest BCUT2D eigenvalue weighted by atomic mass is 10.4. The van der Waals surface area contributed by atoms with Crippen LogP contribution in [0.5, 0.6) is 0 Å². The molecule has 2 heterocycles. The molecule has 2 aliphatic heterocycles. The molecule has 0 atom stereocenters. The first kappa shape index (κ1) is 18.7. The van der Waals surface area contributed by atoms with Gasteiger partial charge in [-0.1, -0.05) is 0 Å². The van der Waals surface area contributed by atoms with E-state index < -0.39 is 20.0 Å². The maximum atomic E-state index is 12.7. The molecular weight excluding hydrogens is 366 g/mol. The Morgan fingerprint density at radius 2 is 1.20 bits per heavy atom. The summed E-state index contributed by atoms with van der Waals surface area (Å²) < 4.78 is 58.6. The minimum atomic E-state index is -3.61. The van der Waals surface area contributed by atoms with Gasteiger partial charge < -0.3 is 9.64 Å². The zero-order valence-corrected chi connectivity index (χ0v) is 15.9. The molecule has 0 aliphatic carbocycles. The summed E-state index contributed by atoms with van der Waals surface area (Å²) in [5.41, 5.74) is 0. The Kier molecular flexibility index (Phi) is 5.47. The Morgan fingerprint density at radius 3 is 1.64 bits per heavy atom. The first-order chi connectivity index (χ1) is 11.8. The largest absolute Gasteiger partial charge is 0.379 e. The fourth-order valence-corrected chi connectivity index (χ4v) is 5.83. The van der Waals surface area contributed by atoms with E-state index in [9.17, 15) is 16.8 Å². The molecule has 3 rings (SSSR count). The van der Waals surface area contributed by atoms with Gasteiger partial charge in [0.05, 0.1) is 56.2 Å². The lowest BCUT2D eigenvalue weighted by Gasteiger charge is -2.29. The first-order valence-corrected chi connectivity index (χ1v) is 11.2. The predicted octanol–water partition coefficient (Wildman–Crippen LogP) is -1.77. The molecule has 1 N–H and O–H groups in total. The Morgan fingerprint density at radius 1 is 0.800 bits per heavy atom.